The minimum Gasteiger partial charge on any atom is -0.476 e. The third kappa shape index (κ3) is 1.86. The third-order valence-electron chi connectivity index (χ3n) is 2.32. The first-order chi connectivity index (χ1) is 8.54. The lowest BCUT2D eigenvalue weighted by molar-refractivity contribution is 0.0624. The Bertz CT molecular complexity index is 577. The molecule has 0 aliphatic heterocycles. The van der Waals surface area contributed by atoms with Crippen LogP contribution in [0, 0.1) is 0 Å². The third-order valence-corrected chi connectivity index (χ3v) is 2.32. The first-order valence-electron chi connectivity index (χ1n) is 5.08. The Labute approximate surface area is 101 Å². The van der Waals surface area contributed by atoms with E-state index in [0.717, 1.165) is 0 Å². The van der Waals surface area contributed by atoms with E-state index in [1.807, 2.05) is 6.92 Å². The van der Waals surface area contributed by atoms with E-state index in [-0.39, 0.29) is 5.89 Å². The van der Waals surface area contributed by atoms with E-state index < -0.39 is 23.4 Å². The van der Waals surface area contributed by atoms with Gasteiger partial charge in [0.25, 0.3) is 0 Å². The van der Waals surface area contributed by atoms with E-state index in [0.29, 0.717) is 17.7 Å². The van der Waals surface area contributed by atoms with Gasteiger partial charge in [0.1, 0.15) is 5.76 Å². The number of hydrogen-bond donors (Lipinski definition) is 2. The molecular formula is C11H9NO6. The standard InChI is InChI=1S/C11H9NO6/c1-2-6-5(3-4-17-6)9-12-7(10(13)14)8(18-9)11(15)16/h3-4H,2H2,1H3,(H,13,14)(H,15,16). The van der Waals surface area contributed by atoms with Crippen molar-refractivity contribution in [1.29, 1.82) is 0 Å². The molecule has 0 aliphatic rings. The van der Waals surface area contributed by atoms with Gasteiger partial charge < -0.3 is 19.0 Å². The van der Waals surface area contributed by atoms with Crippen molar-refractivity contribution in [3.8, 4) is 11.5 Å². The number of nitrogens with zero attached hydrogens (tertiary/aromatic N) is 1. The largest absolute Gasteiger partial charge is 0.476 e. The molecule has 94 valence electrons. The molecule has 2 aromatic rings. The predicted octanol–water partition coefficient (Wildman–Crippen LogP) is 1.89. The van der Waals surface area contributed by atoms with E-state index >= 15 is 0 Å². The fourth-order valence-corrected chi connectivity index (χ4v) is 1.53. The summed E-state index contributed by atoms with van der Waals surface area (Å²) in [5.41, 5.74) is -0.173. The number of aryl methyl sites for hydroxylation is 1. The topological polar surface area (TPSA) is 114 Å². The predicted molar refractivity (Wildman–Crippen MR) is 57.5 cm³/mol. The molecule has 0 saturated heterocycles. The molecule has 0 bridgehead atoms. The van der Waals surface area contributed by atoms with E-state index in [4.69, 9.17) is 19.0 Å². The van der Waals surface area contributed by atoms with E-state index in [2.05, 4.69) is 4.98 Å². The number of carboxylic acids is 2. The van der Waals surface area contributed by atoms with Crippen LogP contribution in [-0.2, 0) is 6.42 Å². The Balaban J connectivity index is 2.57. The molecule has 0 saturated carbocycles. The fraction of sp³-hybridized carbons (Fsp3) is 0.182. The normalized spacial score (nSPS) is 10.5. The second-order valence-corrected chi connectivity index (χ2v) is 3.42. The summed E-state index contributed by atoms with van der Waals surface area (Å²) in [6, 6.07) is 1.54. The lowest BCUT2D eigenvalue weighted by Crippen LogP contribution is -2.05. The second-order valence-electron chi connectivity index (χ2n) is 3.42. The van der Waals surface area contributed by atoms with Crippen LogP contribution >= 0.6 is 0 Å². The number of aromatic carboxylic acids is 2. The van der Waals surface area contributed by atoms with Gasteiger partial charge in [0, 0.05) is 6.42 Å². The molecule has 0 unspecified atom stereocenters. The van der Waals surface area contributed by atoms with Crippen molar-refractivity contribution in [3.05, 3.63) is 29.5 Å². The zero-order valence-electron chi connectivity index (χ0n) is 9.34. The van der Waals surface area contributed by atoms with Crippen molar-refractivity contribution in [3.63, 3.8) is 0 Å². The highest BCUT2D eigenvalue weighted by Gasteiger charge is 2.26. The van der Waals surface area contributed by atoms with Crippen LogP contribution < -0.4 is 0 Å². The van der Waals surface area contributed by atoms with Gasteiger partial charge in [-0.3, -0.25) is 0 Å². The summed E-state index contributed by atoms with van der Waals surface area (Å²) in [5.74, 6) is -3.15. The smallest absolute Gasteiger partial charge is 0.374 e. The molecule has 2 rings (SSSR count). The molecule has 2 heterocycles. The molecule has 0 spiro atoms. The molecule has 7 nitrogen and oxygen atoms in total. The first kappa shape index (κ1) is 11.9. The summed E-state index contributed by atoms with van der Waals surface area (Å²) in [6.45, 7) is 1.83. The first-order valence-corrected chi connectivity index (χ1v) is 5.08. The van der Waals surface area contributed by atoms with Crippen LogP contribution in [-0.4, -0.2) is 27.1 Å². The Morgan fingerprint density at radius 2 is 2.06 bits per heavy atom. The van der Waals surface area contributed by atoms with Crippen LogP contribution in [0.5, 0.6) is 0 Å². The van der Waals surface area contributed by atoms with Crippen molar-refractivity contribution in [2.75, 3.05) is 0 Å². The maximum atomic E-state index is 10.9. The van der Waals surface area contributed by atoms with Gasteiger partial charge >= 0.3 is 11.9 Å². The number of furan rings is 1. The van der Waals surface area contributed by atoms with Gasteiger partial charge in [0.2, 0.25) is 17.3 Å². The molecule has 0 aromatic carbocycles. The van der Waals surface area contributed by atoms with Crippen LogP contribution in [0.15, 0.2) is 21.2 Å². The van der Waals surface area contributed by atoms with Gasteiger partial charge in [-0.1, -0.05) is 6.92 Å². The molecule has 0 fully saturated rings. The summed E-state index contributed by atoms with van der Waals surface area (Å²) >= 11 is 0. The molecule has 0 aliphatic carbocycles. The number of rotatable bonds is 4. The zero-order chi connectivity index (χ0) is 13.3. The Hall–Kier alpha value is -2.57. The number of carboxylic acid groups (broad SMARTS) is 2. The molecular weight excluding hydrogens is 242 g/mol. The average Bonchev–Trinajstić information content (AvgIpc) is 2.94. The Kier molecular flexibility index (Phi) is 2.88. The van der Waals surface area contributed by atoms with Crippen LogP contribution in [0.1, 0.15) is 33.7 Å². The van der Waals surface area contributed by atoms with Gasteiger partial charge in [0.15, 0.2) is 0 Å². The summed E-state index contributed by atoms with van der Waals surface area (Å²) in [5, 5.41) is 17.7. The second kappa shape index (κ2) is 4.36. The van der Waals surface area contributed by atoms with Crippen molar-refractivity contribution < 1.29 is 28.6 Å². The van der Waals surface area contributed by atoms with Gasteiger partial charge in [0.05, 0.1) is 11.8 Å². The SMILES string of the molecule is CCc1occc1-c1nc(C(=O)O)c(C(=O)O)o1. The molecule has 0 amide bonds. The van der Waals surface area contributed by atoms with Crippen molar-refractivity contribution in [2.24, 2.45) is 0 Å². The van der Waals surface area contributed by atoms with Crippen molar-refractivity contribution in [1.82, 2.24) is 4.98 Å². The molecule has 18 heavy (non-hydrogen) atoms. The number of hydrogen-bond acceptors (Lipinski definition) is 5. The molecule has 2 aromatic heterocycles. The molecule has 7 heteroatoms. The zero-order valence-corrected chi connectivity index (χ0v) is 9.34. The molecule has 2 N–H and O–H groups in total. The van der Waals surface area contributed by atoms with E-state index in [9.17, 15) is 9.59 Å². The van der Waals surface area contributed by atoms with Gasteiger partial charge in [-0.2, -0.15) is 0 Å². The number of carbonyl (C=O) groups is 2. The minimum absolute atomic E-state index is 0.0737. The number of aromatic nitrogens is 1. The van der Waals surface area contributed by atoms with Gasteiger partial charge in [-0.25, -0.2) is 14.6 Å². The maximum absolute atomic E-state index is 10.9. The van der Waals surface area contributed by atoms with Gasteiger partial charge in [-0.15, -0.1) is 0 Å². The van der Waals surface area contributed by atoms with Crippen LogP contribution in [0.25, 0.3) is 11.5 Å². The Morgan fingerprint density at radius 1 is 1.33 bits per heavy atom. The quantitative estimate of drug-likeness (QED) is 0.852. The monoisotopic (exact) mass is 251 g/mol. The summed E-state index contributed by atoms with van der Waals surface area (Å²) in [4.78, 5) is 25.4. The molecule has 0 atom stereocenters. The summed E-state index contributed by atoms with van der Waals surface area (Å²) in [7, 11) is 0. The lowest BCUT2D eigenvalue weighted by Gasteiger charge is -1.93. The van der Waals surface area contributed by atoms with Crippen molar-refractivity contribution in [2.45, 2.75) is 13.3 Å². The lowest BCUT2D eigenvalue weighted by atomic mass is 10.2. The highest BCUT2D eigenvalue weighted by atomic mass is 16.4. The van der Waals surface area contributed by atoms with Crippen molar-refractivity contribution >= 4 is 11.9 Å². The van der Waals surface area contributed by atoms with Crippen LogP contribution in [0.2, 0.25) is 0 Å². The summed E-state index contributed by atoms with van der Waals surface area (Å²) < 4.78 is 10.1. The van der Waals surface area contributed by atoms with Crippen LogP contribution in [0.3, 0.4) is 0 Å². The minimum atomic E-state index is -1.48. The van der Waals surface area contributed by atoms with Gasteiger partial charge in [-0.05, 0) is 6.07 Å². The average molecular weight is 251 g/mol. The number of oxazole rings is 1. The summed E-state index contributed by atoms with van der Waals surface area (Å²) in [6.07, 6.45) is 1.95. The van der Waals surface area contributed by atoms with Crippen LogP contribution in [0.4, 0.5) is 0 Å². The maximum Gasteiger partial charge on any atom is 0.374 e. The fourth-order valence-electron chi connectivity index (χ4n) is 1.53. The highest BCUT2D eigenvalue weighted by molar-refractivity contribution is 5.98. The van der Waals surface area contributed by atoms with E-state index in [1.165, 1.54) is 6.26 Å². The highest BCUT2D eigenvalue weighted by Crippen LogP contribution is 2.26. The van der Waals surface area contributed by atoms with E-state index in [1.54, 1.807) is 6.07 Å². The Morgan fingerprint density at radius 3 is 2.56 bits per heavy atom. The molecule has 0 radical (unpaired) electrons.